The van der Waals surface area contributed by atoms with Crippen molar-refractivity contribution in [3.05, 3.63) is 35.4 Å². The molecule has 3 nitrogen and oxygen atoms in total. The number of fused-ring (bicyclic) bond motifs is 1. The van der Waals surface area contributed by atoms with Gasteiger partial charge in [0.2, 0.25) is 0 Å². The summed E-state index contributed by atoms with van der Waals surface area (Å²) in [5.41, 5.74) is 2.06. The lowest BCUT2D eigenvalue weighted by atomic mass is 9.82. The quantitative estimate of drug-likeness (QED) is 0.780. The zero-order valence-corrected chi connectivity index (χ0v) is 10.1. The van der Waals surface area contributed by atoms with E-state index in [1.807, 2.05) is 31.2 Å². The van der Waals surface area contributed by atoms with Crippen molar-refractivity contribution < 1.29 is 14.8 Å². The summed E-state index contributed by atoms with van der Waals surface area (Å²) in [6, 6.07) is 7.77. The van der Waals surface area contributed by atoms with Crippen molar-refractivity contribution in [1.29, 1.82) is 0 Å². The van der Waals surface area contributed by atoms with Crippen LogP contribution >= 0.6 is 0 Å². The summed E-state index contributed by atoms with van der Waals surface area (Å²) in [5.74, 6) is 0. The molecule has 0 bridgehead atoms. The van der Waals surface area contributed by atoms with Gasteiger partial charge in [-0.2, -0.15) is 0 Å². The highest BCUT2D eigenvalue weighted by atomic mass is 16.5. The Labute approximate surface area is 103 Å². The zero-order chi connectivity index (χ0) is 12.3. The molecule has 0 saturated carbocycles. The van der Waals surface area contributed by atoms with Crippen LogP contribution in [0.25, 0.3) is 0 Å². The molecule has 4 heteroatoms. The van der Waals surface area contributed by atoms with Crippen LogP contribution in [0.1, 0.15) is 37.0 Å². The minimum Gasteiger partial charge on any atom is -0.856 e. The van der Waals surface area contributed by atoms with Crippen LogP contribution in [0.15, 0.2) is 24.3 Å². The molecule has 0 aromatic heterocycles. The Morgan fingerprint density at radius 3 is 3.00 bits per heavy atom. The number of rotatable bonds is 5. The van der Waals surface area contributed by atoms with Gasteiger partial charge in [-0.25, -0.2) is 0 Å². The molecule has 0 unspecified atom stereocenters. The molecule has 17 heavy (non-hydrogen) atoms. The van der Waals surface area contributed by atoms with E-state index < -0.39 is 19.3 Å². The fraction of sp³-hybridized carbons (Fsp3) is 0.538. The van der Waals surface area contributed by atoms with Crippen LogP contribution in [0.4, 0.5) is 0 Å². The first-order valence-corrected chi connectivity index (χ1v) is 6.29. The Hall–Kier alpha value is -0.835. The van der Waals surface area contributed by atoms with E-state index in [0.717, 1.165) is 24.0 Å². The highest BCUT2D eigenvalue weighted by Crippen LogP contribution is 2.34. The summed E-state index contributed by atoms with van der Waals surface area (Å²) in [7, 11) is -1.03. The largest absolute Gasteiger partial charge is 0.856 e. The maximum atomic E-state index is 11.7. The van der Waals surface area contributed by atoms with Gasteiger partial charge in [-0.1, -0.05) is 50.4 Å². The summed E-state index contributed by atoms with van der Waals surface area (Å²) in [5, 5.41) is 21.6. The van der Waals surface area contributed by atoms with Crippen LogP contribution in [-0.2, 0) is 11.1 Å². The number of unbranched alkanes of at least 4 members (excludes halogenated alkanes) is 1. The zero-order valence-electron chi connectivity index (χ0n) is 10.1. The summed E-state index contributed by atoms with van der Waals surface area (Å²) in [4.78, 5) is 0. The lowest BCUT2D eigenvalue weighted by Crippen LogP contribution is -2.37. The minimum atomic E-state index is -1.03. The lowest BCUT2D eigenvalue weighted by molar-refractivity contribution is -0.231. The Morgan fingerprint density at radius 1 is 1.47 bits per heavy atom. The standard InChI is InChI=1S/C13H18BO3/c1-2-3-8-14(16)17-13-11-7-5-4-6-10(11)9-12(13)15/h4-7,12-13,15H,2-3,8-9H2,1H3/q-1/t12-,13+/m1/s1. The fourth-order valence-electron chi connectivity index (χ4n) is 2.30. The van der Waals surface area contributed by atoms with Crippen molar-refractivity contribution >= 4 is 7.12 Å². The monoisotopic (exact) mass is 233 g/mol. The van der Waals surface area contributed by atoms with E-state index in [9.17, 15) is 10.1 Å². The van der Waals surface area contributed by atoms with Crippen LogP contribution in [0.2, 0.25) is 6.32 Å². The summed E-state index contributed by atoms with van der Waals surface area (Å²) < 4.78 is 5.45. The molecule has 0 amide bonds. The molecule has 2 rings (SSSR count). The van der Waals surface area contributed by atoms with Gasteiger partial charge in [0, 0.05) is 6.42 Å². The normalized spacial score (nSPS) is 22.5. The van der Waals surface area contributed by atoms with Crippen molar-refractivity contribution in [3.63, 3.8) is 0 Å². The average molecular weight is 233 g/mol. The summed E-state index contributed by atoms with van der Waals surface area (Å²) >= 11 is 0. The van der Waals surface area contributed by atoms with Crippen LogP contribution in [0, 0.1) is 0 Å². The van der Waals surface area contributed by atoms with Gasteiger partial charge in [0.05, 0.1) is 12.2 Å². The number of hydrogen-bond acceptors (Lipinski definition) is 3. The third kappa shape index (κ3) is 2.89. The molecule has 2 atom stereocenters. The third-order valence-electron chi connectivity index (χ3n) is 3.23. The molecule has 0 fully saturated rings. The predicted molar refractivity (Wildman–Crippen MR) is 65.4 cm³/mol. The highest BCUT2D eigenvalue weighted by Gasteiger charge is 2.31. The predicted octanol–water partition coefficient (Wildman–Crippen LogP) is 1.31. The first-order chi connectivity index (χ1) is 8.22. The van der Waals surface area contributed by atoms with E-state index in [0.29, 0.717) is 12.7 Å². The van der Waals surface area contributed by atoms with E-state index in [2.05, 4.69) is 0 Å². The van der Waals surface area contributed by atoms with Crippen LogP contribution in [-0.4, -0.2) is 18.3 Å². The van der Waals surface area contributed by atoms with Gasteiger partial charge in [0.1, 0.15) is 0 Å². The molecule has 0 spiro atoms. The van der Waals surface area contributed by atoms with Crippen molar-refractivity contribution in [2.45, 2.75) is 44.7 Å². The molecule has 92 valence electrons. The second-order valence-corrected chi connectivity index (χ2v) is 4.60. The van der Waals surface area contributed by atoms with Gasteiger partial charge in [0.15, 0.2) is 7.12 Å². The van der Waals surface area contributed by atoms with Crippen molar-refractivity contribution in [2.75, 3.05) is 0 Å². The molecule has 1 aromatic rings. The molecular weight excluding hydrogens is 215 g/mol. The van der Waals surface area contributed by atoms with Crippen LogP contribution < -0.4 is 5.02 Å². The van der Waals surface area contributed by atoms with E-state index >= 15 is 0 Å². The number of aliphatic hydroxyl groups excluding tert-OH is 1. The Balaban J connectivity index is 2.01. The molecule has 0 aliphatic heterocycles. The van der Waals surface area contributed by atoms with E-state index in [1.165, 1.54) is 0 Å². The van der Waals surface area contributed by atoms with Crippen molar-refractivity contribution in [2.24, 2.45) is 0 Å². The fourth-order valence-corrected chi connectivity index (χ4v) is 2.30. The van der Waals surface area contributed by atoms with E-state index in [4.69, 9.17) is 4.65 Å². The molecule has 1 aromatic carbocycles. The average Bonchev–Trinajstić information content (AvgIpc) is 2.64. The summed E-state index contributed by atoms with van der Waals surface area (Å²) in [6.07, 6.45) is 1.95. The van der Waals surface area contributed by atoms with Gasteiger partial charge in [-0.05, 0) is 11.1 Å². The molecule has 1 aliphatic carbocycles. The topological polar surface area (TPSA) is 52.5 Å². The van der Waals surface area contributed by atoms with E-state index in [-0.39, 0.29) is 0 Å². The van der Waals surface area contributed by atoms with Gasteiger partial charge in [-0.15, -0.1) is 0 Å². The first kappa shape index (κ1) is 12.6. The van der Waals surface area contributed by atoms with Crippen molar-refractivity contribution in [3.8, 4) is 0 Å². The Kier molecular flexibility index (Phi) is 4.21. The first-order valence-electron chi connectivity index (χ1n) is 6.29. The number of benzene rings is 1. The molecule has 0 heterocycles. The smallest absolute Gasteiger partial charge is 0.183 e. The Bertz CT molecular complexity index is 369. The van der Waals surface area contributed by atoms with Crippen LogP contribution in [0.5, 0.6) is 0 Å². The third-order valence-corrected chi connectivity index (χ3v) is 3.23. The number of hydrogen-bond donors (Lipinski definition) is 1. The van der Waals surface area contributed by atoms with Gasteiger partial charge < -0.3 is 14.8 Å². The van der Waals surface area contributed by atoms with E-state index in [1.54, 1.807) is 0 Å². The van der Waals surface area contributed by atoms with Gasteiger partial charge in [0.25, 0.3) is 0 Å². The highest BCUT2D eigenvalue weighted by molar-refractivity contribution is 6.40. The maximum absolute atomic E-state index is 11.7. The molecular formula is C13H18BO3-. The molecule has 1 N–H and O–H groups in total. The second-order valence-electron chi connectivity index (χ2n) is 4.60. The van der Waals surface area contributed by atoms with Crippen LogP contribution in [0.3, 0.4) is 0 Å². The van der Waals surface area contributed by atoms with Crippen molar-refractivity contribution in [1.82, 2.24) is 0 Å². The van der Waals surface area contributed by atoms with Gasteiger partial charge in [-0.3, -0.25) is 0 Å². The maximum Gasteiger partial charge on any atom is 0.183 e. The minimum absolute atomic E-state index is 0.439. The Morgan fingerprint density at radius 2 is 2.24 bits per heavy atom. The lowest BCUT2D eigenvalue weighted by Gasteiger charge is -2.27. The molecule has 1 aliphatic rings. The second kappa shape index (κ2) is 5.67. The summed E-state index contributed by atoms with van der Waals surface area (Å²) in [6.45, 7) is 2.05. The SMILES string of the molecule is CCCCB([O-])O[C@H]1c2ccccc2C[C@H]1O. The number of aliphatic hydroxyl groups is 1. The van der Waals surface area contributed by atoms with Gasteiger partial charge >= 0.3 is 0 Å². The molecule has 0 saturated heterocycles. The molecule has 0 radical (unpaired) electrons.